The average Bonchev–Trinajstić information content (AvgIpc) is 3.15. The van der Waals surface area contributed by atoms with E-state index in [1.807, 2.05) is 16.8 Å². The monoisotopic (exact) mass is 430 g/mol. The number of thiophene rings is 1. The summed E-state index contributed by atoms with van der Waals surface area (Å²) >= 11 is 13.5. The van der Waals surface area contributed by atoms with Crippen molar-refractivity contribution < 1.29 is 13.2 Å². The number of rotatable bonds is 4. The number of carbonyl (C=O) groups excluding carboxylic acids is 1. The van der Waals surface area contributed by atoms with Gasteiger partial charge in [-0.1, -0.05) is 29.3 Å². The SMILES string of the molecule is O=C(C=Cc1ccsc1)N1CCN(S(=O)(=O)c2cccc(Cl)c2Cl)CC1. The van der Waals surface area contributed by atoms with Crippen LogP contribution in [-0.4, -0.2) is 49.7 Å². The molecule has 0 radical (unpaired) electrons. The summed E-state index contributed by atoms with van der Waals surface area (Å²) in [6.45, 7) is 1.07. The van der Waals surface area contributed by atoms with E-state index in [0.29, 0.717) is 13.1 Å². The van der Waals surface area contributed by atoms with Gasteiger partial charge >= 0.3 is 0 Å². The number of carbonyl (C=O) groups is 1. The minimum absolute atomic E-state index is 0.0104. The molecule has 1 aliphatic heterocycles. The maximum Gasteiger partial charge on any atom is 0.246 e. The third-order valence-electron chi connectivity index (χ3n) is 4.05. The molecule has 0 N–H and O–H groups in total. The Kier molecular flexibility index (Phi) is 6.04. The lowest BCUT2D eigenvalue weighted by Gasteiger charge is -2.33. The molecule has 1 saturated heterocycles. The molecular formula is C17H16Cl2N2O3S2. The Hall–Kier alpha value is -1.38. The predicted octanol–water partition coefficient (Wildman–Crippen LogP) is 3.60. The number of sulfonamides is 1. The Morgan fingerprint density at radius 2 is 1.85 bits per heavy atom. The molecule has 0 aliphatic carbocycles. The molecule has 0 saturated carbocycles. The molecule has 138 valence electrons. The first-order valence-corrected chi connectivity index (χ1v) is 11.0. The highest BCUT2D eigenvalue weighted by Crippen LogP contribution is 2.31. The normalized spacial score (nSPS) is 16.3. The van der Waals surface area contributed by atoms with Gasteiger partial charge in [0.05, 0.1) is 10.0 Å². The summed E-state index contributed by atoms with van der Waals surface area (Å²) in [6, 6.07) is 6.45. The molecule has 1 aromatic heterocycles. The van der Waals surface area contributed by atoms with Crippen molar-refractivity contribution in [3.63, 3.8) is 0 Å². The van der Waals surface area contributed by atoms with Gasteiger partial charge in [-0.15, -0.1) is 0 Å². The number of hydrogen-bond donors (Lipinski definition) is 0. The van der Waals surface area contributed by atoms with E-state index < -0.39 is 10.0 Å². The van der Waals surface area contributed by atoms with Crippen molar-refractivity contribution in [2.75, 3.05) is 26.2 Å². The molecule has 3 rings (SSSR count). The van der Waals surface area contributed by atoms with Crippen LogP contribution in [0.4, 0.5) is 0 Å². The van der Waals surface area contributed by atoms with Gasteiger partial charge in [0.2, 0.25) is 15.9 Å². The lowest BCUT2D eigenvalue weighted by molar-refractivity contribution is -0.127. The molecule has 1 aromatic carbocycles. The number of nitrogens with zero attached hydrogens (tertiary/aromatic N) is 2. The largest absolute Gasteiger partial charge is 0.337 e. The van der Waals surface area contributed by atoms with E-state index in [4.69, 9.17) is 23.2 Å². The molecule has 9 heteroatoms. The molecule has 5 nitrogen and oxygen atoms in total. The smallest absolute Gasteiger partial charge is 0.246 e. The second-order valence-electron chi connectivity index (χ2n) is 5.67. The van der Waals surface area contributed by atoms with Crippen molar-refractivity contribution in [2.24, 2.45) is 0 Å². The van der Waals surface area contributed by atoms with Crippen LogP contribution in [0.1, 0.15) is 5.56 Å². The standard InChI is InChI=1S/C17H16Cl2N2O3S2/c18-14-2-1-3-15(17(14)19)26(23,24)21-9-7-20(8-10-21)16(22)5-4-13-6-11-25-12-13/h1-6,11-12H,7-10H2. The van der Waals surface area contributed by atoms with E-state index in [9.17, 15) is 13.2 Å². The fourth-order valence-corrected chi connectivity index (χ4v) is 5.40. The van der Waals surface area contributed by atoms with Gasteiger partial charge in [0, 0.05) is 32.3 Å². The average molecular weight is 431 g/mol. The molecule has 1 aliphatic rings. The van der Waals surface area contributed by atoms with E-state index in [0.717, 1.165) is 5.56 Å². The van der Waals surface area contributed by atoms with Crippen LogP contribution < -0.4 is 0 Å². The summed E-state index contributed by atoms with van der Waals surface area (Å²) in [4.78, 5) is 13.9. The number of amides is 1. The molecule has 1 amide bonds. The topological polar surface area (TPSA) is 57.7 Å². The third-order valence-corrected chi connectivity index (χ3v) is 7.62. The van der Waals surface area contributed by atoms with Crippen molar-refractivity contribution in [1.82, 2.24) is 9.21 Å². The predicted molar refractivity (Wildman–Crippen MR) is 105 cm³/mol. The van der Waals surface area contributed by atoms with Gasteiger partial charge in [0.15, 0.2) is 0 Å². The lowest BCUT2D eigenvalue weighted by atomic mass is 10.3. The fourth-order valence-electron chi connectivity index (χ4n) is 2.61. The summed E-state index contributed by atoms with van der Waals surface area (Å²) in [5.74, 6) is -0.131. The Bertz CT molecular complexity index is 919. The van der Waals surface area contributed by atoms with Gasteiger partial charge in [-0.25, -0.2) is 8.42 Å². The zero-order valence-corrected chi connectivity index (χ0v) is 16.8. The van der Waals surface area contributed by atoms with Crippen LogP contribution in [0.3, 0.4) is 0 Å². The Balaban J connectivity index is 1.66. The van der Waals surface area contributed by atoms with Gasteiger partial charge in [0.25, 0.3) is 0 Å². The second kappa shape index (κ2) is 8.10. The van der Waals surface area contributed by atoms with Gasteiger partial charge in [-0.3, -0.25) is 4.79 Å². The number of piperazine rings is 1. The highest BCUT2D eigenvalue weighted by molar-refractivity contribution is 7.89. The Labute approximate surface area is 166 Å². The van der Waals surface area contributed by atoms with Crippen molar-refractivity contribution in [3.8, 4) is 0 Å². The van der Waals surface area contributed by atoms with E-state index in [-0.39, 0.29) is 33.9 Å². The first-order chi connectivity index (χ1) is 12.4. The molecule has 26 heavy (non-hydrogen) atoms. The van der Waals surface area contributed by atoms with Crippen molar-refractivity contribution in [2.45, 2.75) is 4.90 Å². The highest BCUT2D eigenvalue weighted by atomic mass is 35.5. The number of hydrogen-bond acceptors (Lipinski definition) is 4. The quantitative estimate of drug-likeness (QED) is 0.696. The van der Waals surface area contributed by atoms with Crippen LogP contribution in [0.5, 0.6) is 0 Å². The zero-order valence-electron chi connectivity index (χ0n) is 13.6. The molecule has 0 spiro atoms. The van der Waals surface area contributed by atoms with Crippen LogP contribution in [0.2, 0.25) is 10.0 Å². The molecule has 0 unspecified atom stereocenters. The third kappa shape index (κ3) is 4.13. The minimum atomic E-state index is -3.75. The van der Waals surface area contributed by atoms with Crippen LogP contribution in [0.15, 0.2) is 46.0 Å². The van der Waals surface area contributed by atoms with Crippen molar-refractivity contribution in [1.29, 1.82) is 0 Å². The molecule has 0 bridgehead atoms. The molecule has 2 heterocycles. The summed E-state index contributed by atoms with van der Waals surface area (Å²) < 4.78 is 26.9. The van der Waals surface area contributed by atoms with Gasteiger partial charge < -0.3 is 4.90 Å². The maximum atomic E-state index is 12.8. The highest BCUT2D eigenvalue weighted by Gasteiger charge is 2.31. The minimum Gasteiger partial charge on any atom is -0.337 e. The van der Waals surface area contributed by atoms with Crippen molar-refractivity contribution >= 4 is 56.5 Å². The summed E-state index contributed by atoms with van der Waals surface area (Å²) in [5.41, 5.74) is 0.972. The van der Waals surface area contributed by atoms with E-state index >= 15 is 0 Å². The van der Waals surface area contributed by atoms with Crippen LogP contribution >= 0.6 is 34.5 Å². The molecule has 2 aromatic rings. The fraction of sp³-hybridized carbons (Fsp3) is 0.235. The first-order valence-electron chi connectivity index (χ1n) is 7.83. The van der Waals surface area contributed by atoms with Gasteiger partial charge in [-0.2, -0.15) is 15.6 Å². The summed E-state index contributed by atoms with van der Waals surface area (Å²) in [7, 11) is -3.75. The Morgan fingerprint density at radius 1 is 1.12 bits per heavy atom. The lowest BCUT2D eigenvalue weighted by Crippen LogP contribution is -2.50. The molecular weight excluding hydrogens is 415 g/mol. The van der Waals surface area contributed by atoms with E-state index in [1.165, 1.54) is 16.4 Å². The van der Waals surface area contributed by atoms with Gasteiger partial charge in [0.1, 0.15) is 4.90 Å². The molecule has 0 atom stereocenters. The summed E-state index contributed by atoms with van der Waals surface area (Å²) in [5, 5.41) is 4.10. The van der Waals surface area contributed by atoms with Crippen LogP contribution in [0.25, 0.3) is 6.08 Å². The van der Waals surface area contributed by atoms with Crippen molar-refractivity contribution in [3.05, 3.63) is 56.7 Å². The molecule has 1 fully saturated rings. The zero-order chi connectivity index (χ0) is 18.7. The first kappa shape index (κ1) is 19.4. The van der Waals surface area contributed by atoms with E-state index in [1.54, 1.807) is 34.4 Å². The number of benzene rings is 1. The van der Waals surface area contributed by atoms with E-state index in [2.05, 4.69) is 0 Å². The summed E-state index contributed by atoms with van der Waals surface area (Å²) in [6.07, 6.45) is 3.27. The van der Waals surface area contributed by atoms with Gasteiger partial charge in [-0.05, 0) is 40.6 Å². The Morgan fingerprint density at radius 3 is 2.50 bits per heavy atom. The van der Waals surface area contributed by atoms with Crippen LogP contribution in [0, 0.1) is 0 Å². The van der Waals surface area contributed by atoms with Crippen LogP contribution in [-0.2, 0) is 14.8 Å². The second-order valence-corrected chi connectivity index (χ2v) is 9.14. The maximum absolute atomic E-state index is 12.8. The number of halogens is 2.